The van der Waals surface area contributed by atoms with Gasteiger partial charge in [-0.3, -0.25) is 0 Å². The number of imidazole rings is 1. The Kier molecular flexibility index (Phi) is 3.33. The minimum atomic E-state index is 0.371. The van der Waals surface area contributed by atoms with Gasteiger partial charge in [0.1, 0.15) is 5.82 Å². The van der Waals surface area contributed by atoms with Gasteiger partial charge in [0, 0.05) is 31.4 Å². The second kappa shape index (κ2) is 4.58. The number of hydrogen-bond donors (Lipinski definition) is 1. The Labute approximate surface area is 98.1 Å². The third kappa shape index (κ3) is 2.46. The third-order valence-corrected chi connectivity index (χ3v) is 3.72. The molecule has 90 valence electrons. The van der Waals surface area contributed by atoms with E-state index in [1.165, 1.54) is 25.1 Å². The fourth-order valence-corrected chi connectivity index (χ4v) is 2.86. The van der Waals surface area contributed by atoms with E-state index < -0.39 is 0 Å². The van der Waals surface area contributed by atoms with Gasteiger partial charge in [0.25, 0.3) is 0 Å². The van der Waals surface area contributed by atoms with Crippen molar-refractivity contribution in [2.45, 2.75) is 58.5 Å². The fraction of sp³-hybridized carbons (Fsp3) is 0.769. The van der Waals surface area contributed by atoms with Gasteiger partial charge in [-0.25, -0.2) is 4.98 Å². The highest BCUT2D eigenvalue weighted by atomic mass is 15.1. The summed E-state index contributed by atoms with van der Waals surface area (Å²) in [7, 11) is 0. The lowest BCUT2D eigenvalue weighted by atomic mass is 9.84. The molecular formula is C13H23N3. The largest absolute Gasteiger partial charge is 0.335 e. The molecule has 0 radical (unpaired) electrons. The topological polar surface area (TPSA) is 43.8 Å². The smallest absolute Gasteiger partial charge is 0.109 e. The van der Waals surface area contributed by atoms with Crippen molar-refractivity contribution in [2.24, 2.45) is 11.1 Å². The van der Waals surface area contributed by atoms with Gasteiger partial charge in [0.2, 0.25) is 0 Å². The Bertz CT molecular complexity index is 345. The van der Waals surface area contributed by atoms with Gasteiger partial charge in [0.15, 0.2) is 0 Å². The third-order valence-electron chi connectivity index (χ3n) is 3.72. The molecule has 3 heteroatoms. The molecule has 0 aromatic carbocycles. The molecular weight excluding hydrogens is 198 g/mol. The number of aryl methyl sites for hydroxylation is 1. The number of hydrogen-bond acceptors (Lipinski definition) is 2. The SMILES string of the molecule is CCCn1ccnc1CC1(C)CCC(N)C1. The lowest BCUT2D eigenvalue weighted by molar-refractivity contribution is 0.317. The summed E-state index contributed by atoms with van der Waals surface area (Å²) in [6.45, 7) is 5.64. The molecule has 0 spiro atoms. The number of aromatic nitrogens is 2. The first kappa shape index (κ1) is 11.6. The van der Waals surface area contributed by atoms with Gasteiger partial charge in [-0.05, 0) is 31.1 Å². The molecule has 0 amide bonds. The van der Waals surface area contributed by atoms with Crippen molar-refractivity contribution < 1.29 is 0 Å². The van der Waals surface area contributed by atoms with Crippen molar-refractivity contribution in [3.8, 4) is 0 Å². The van der Waals surface area contributed by atoms with Crippen LogP contribution in [0.2, 0.25) is 0 Å². The Balaban J connectivity index is 2.05. The van der Waals surface area contributed by atoms with Gasteiger partial charge in [0.05, 0.1) is 0 Å². The molecule has 2 N–H and O–H groups in total. The van der Waals surface area contributed by atoms with E-state index in [4.69, 9.17) is 5.73 Å². The number of rotatable bonds is 4. The molecule has 1 fully saturated rings. The number of nitrogens with zero attached hydrogens (tertiary/aromatic N) is 2. The van der Waals surface area contributed by atoms with Crippen LogP contribution in [0.4, 0.5) is 0 Å². The maximum atomic E-state index is 6.01. The monoisotopic (exact) mass is 221 g/mol. The summed E-state index contributed by atoms with van der Waals surface area (Å²) in [5.74, 6) is 1.23. The molecule has 1 aliphatic rings. The van der Waals surface area contributed by atoms with Crippen LogP contribution in [-0.2, 0) is 13.0 Å². The van der Waals surface area contributed by atoms with Gasteiger partial charge >= 0.3 is 0 Å². The van der Waals surface area contributed by atoms with Crippen molar-refractivity contribution in [1.82, 2.24) is 9.55 Å². The van der Waals surface area contributed by atoms with E-state index in [1.807, 2.05) is 6.20 Å². The molecule has 16 heavy (non-hydrogen) atoms. The predicted molar refractivity (Wildman–Crippen MR) is 66.2 cm³/mol. The van der Waals surface area contributed by atoms with Crippen LogP contribution in [0.15, 0.2) is 12.4 Å². The van der Waals surface area contributed by atoms with Crippen LogP contribution in [0.5, 0.6) is 0 Å². The van der Waals surface area contributed by atoms with Crippen LogP contribution >= 0.6 is 0 Å². The summed E-state index contributed by atoms with van der Waals surface area (Å²) < 4.78 is 2.29. The summed E-state index contributed by atoms with van der Waals surface area (Å²) in [4.78, 5) is 4.49. The van der Waals surface area contributed by atoms with Crippen molar-refractivity contribution in [2.75, 3.05) is 0 Å². The van der Waals surface area contributed by atoms with Gasteiger partial charge in [-0.2, -0.15) is 0 Å². The van der Waals surface area contributed by atoms with E-state index in [0.29, 0.717) is 11.5 Å². The van der Waals surface area contributed by atoms with Crippen LogP contribution in [0.25, 0.3) is 0 Å². The molecule has 2 atom stereocenters. The Morgan fingerprint density at radius 2 is 2.44 bits per heavy atom. The van der Waals surface area contributed by atoms with Crippen molar-refractivity contribution in [1.29, 1.82) is 0 Å². The predicted octanol–water partition coefficient (Wildman–Crippen LogP) is 2.35. The molecule has 1 saturated carbocycles. The average molecular weight is 221 g/mol. The molecule has 2 rings (SSSR count). The van der Waals surface area contributed by atoms with Gasteiger partial charge in [-0.1, -0.05) is 13.8 Å². The van der Waals surface area contributed by atoms with E-state index in [9.17, 15) is 0 Å². The van der Waals surface area contributed by atoms with Crippen molar-refractivity contribution in [3.63, 3.8) is 0 Å². The molecule has 1 aromatic heterocycles. The van der Waals surface area contributed by atoms with Crippen LogP contribution in [0.3, 0.4) is 0 Å². The second-order valence-corrected chi connectivity index (χ2v) is 5.53. The van der Waals surface area contributed by atoms with Crippen LogP contribution in [-0.4, -0.2) is 15.6 Å². The molecule has 1 aliphatic carbocycles. The minimum absolute atomic E-state index is 0.371. The molecule has 3 nitrogen and oxygen atoms in total. The summed E-state index contributed by atoms with van der Waals surface area (Å²) in [6, 6.07) is 0.402. The highest BCUT2D eigenvalue weighted by Crippen LogP contribution is 2.39. The summed E-state index contributed by atoms with van der Waals surface area (Å²) >= 11 is 0. The quantitative estimate of drug-likeness (QED) is 0.848. The molecule has 1 aromatic rings. The molecule has 0 saturated heterocycles. The Morgan fingerprint density at radius 1 is 1.62 bits per heavy atom. The van der Waals surface area contributed by atoms with E-state index in [0.717, 1.165) is 19.4 Å². The van der Waals surface area contributed by atoms with E-state index in [1.54, 1.807) is 0 Å². The van der Waals surface area contributed by atoms with Crippen LogP contribution in [0, 0.1) is 5.41 Å². The molecule has 1 heterocycles. The van der Waals surface area contributed by atoms with Gasteiger partial charge in [-0.15, -0.1) is 0 Å². The summed E-state index contributed by atoms with van der Waals surface area (Å²) in [5, 5.41) is 0. The Morgan fingerprint density at radius 3 is 3.06 bits per heavy atom. The maximum Gasteiger partial charge on any atom is 0.109 e. The molecule has 0 bridgehead atoms. The van der Waals surface area contributed by atoms with Crippen molar-refractivity contribution in [3.05, 3.63) is 18.2 Å². The fourth-order valence-electron chi connectivity index (χ4n) is 2.86. The minimum Gasteiger partial charge on any atom is -0.335 e. The highest BCUT2D eigenvalue weighted by Gasteiger charge is 2.34. The lowest BCUT2D eigenvalue weighted by Gasteiger charge is -2.23. The van der Waals surface area contributed by atoms with Crippen molar-refractivity contribution >= 4 is 0 Å². The van der Waals surface area contributed by atoms with E-state index >= 15 is 0 Å². The first-order chi connectivity index (χ1) is 7.63. The lowest BCUT2D eigenvalue weighted by Crippen LogP contribution is -2.22. The second-order valence-electron chi connectivity index (χ2n) is 5.53. The van der Waals surface area contributed by atoms with E-state index in [2.05, 4.69) is 29.6 Å². The Hall–Kier alpha value is -0.830. The normalized spacial score (nSPS) is 29.8. The van der Waals surface area contributed by atoms with Crippen LogP contribution < -0.4 is 5.73 Å². The highest BCUT2D eigenvalue weighted by molar-refractivity contribution is 5.00. The molecule has 0 aliphatic heterocycles. The zero-order valence-electron chi connectivity index (χ0n) is 10.4. The van der Waals surface area contributed by atoms with E-state index in [-0.39, 0.29) is 0 Å². The van der Waals surface area contributed by atoms with Crippen LogP contribution in [0.1, 0.15) is 45.4 Å². The summed E-state index contributed by atoms with van der Waals surface area (Å²) in [5.41, 5.74) is 6.38. The zero-order valence-corrected chi connectivity index (χ0v) is 10.4. The first-order valence-corrected chi connectivity index (χ1v) is 6.38. The number of nitrogens with two attached hydrogens (primary N) is 1. The maximum absolute atomic E-state index is 6.01. The first-order valence-electron chi connectivity index (χ1n) is 6.38. The zero-order chi connectivity index (χ0) is 11.6. The summed E-state index contributed by atoms with van der Waals surface area (Å²) in [6.07, 6.45) is 9.82. The standard InChI is InChI=1S/C13H23N3/c1-3-7-16-8-6-15-12(16)10-13(2)5-4-11(14)9-13/h6,8,11H,3-5,7,9-10,14H2,1-2H3. The average Bonchev–Trinajstić information content (AvgIpc) is 2.76. The van der Waals surface area contributed by atoms with Gasteiger partial charge < -0.3 is 10.3 Å². The molecule has 2 unspecified atom stereocenters.